The molecule has 1 N–H and O–H groups in total. The van der Waals surface area contributed by atoms with Gasteiger partial charge in [-0.1, -0.05) is 65.9 Å². The minimum atomic E-state index is -0.803. The van der Waals surface area contributed by atoms with Crippen molar-refractivity contribution in [1.29, 1.82) is 0 Å². The second-order valence-corrected chi connectivity index (χ2v) is 9.84. The van der Waals surface area contributed by atoms with E-state index in [9.17, 15) is 14.7 Å². The van der Waals surface area contributed by atoms with Crippen LogP contribution in [0.5, 0.6) is 17.2 Å². The molecule has 40 heavy (non-hydrogen) atoms. The Morgan fingerprint density at radius 1 is 1.02 bits per heavy atom. The Hall–Kier alpha value is -4.63. The molecule has 9 heteroatoms. The average Bonchev–Trinajstić information content (AvgIpc) is 3.28. The molecule has 0 spiro atoms. The van der Waals surface area contributed by atoms with Gasteiger partial charge in [0.1, 0.15) is 5.75 Å². The summed E-state index contributed by atoms with van der Waals surface area (Å²) < 4.78 is 18.2. The lowest BCUT2D eigenvalue weighted by molar-refractivity contribution is -0.138. The third-order valence-corrected chi connectivity index (χ3v) is 7.40. The van der Waals surface area contributed by atoms with Crippen molar-refractivity contribution in [2.45, 2.75) is 19.9 Å². The maximum atomic E-state index is 14.0. The number of thiazole rings is 1. The topological polar surface area (TPSA) is 99.4 Å². The number of para-hydroxylation sites is 1. The number of phenols is 1. The summed E-state index contributed by atoms with van der Waals surface area (Å²) in [6.45, 7) is 4.32. The van der Waals surface area contributed by atoms with Gasteiger partial charge in [0.2, 0.25) is 0 Å². The van der Waals surface area contributed by atoms with Gasteiger partial charge >= 0.3 is 5.97 Å². The number of carbonyl (C=O) groups excluding carboxylic acids is 1. The zero-order valence-electron chi connectivity index (χ0n) is 22.3. The first-order chi connectivity index (χ1) is 19.5. The number of hydrogen-bond donors (Lipinski definition) is 1. The Labute approximate surface area is 234 Å². The number of phenolic OH excluding ortho intramolecular Hbond substituents is 1. The van der Waals surface area contributed by atoms with Gasteiger partial charge in [-0.05, 0) is 43.7 Å². The molecule has 1 aromatic heterocycles. The first kappa shape index (κ1) is 27.0. The van der Waals surface area contributed by atoms with Crippen LogP contribution in [0, 0.1) is 0 Å². The molecule has 0 amide bonds. The maximum Gasteiger partial charge on any atom is 0.338 e. The lowest BCUT2D eigenvalue weighted by Crippen LogP contribution is -2.40. The summed E-state index contributed by atoms with van der Waals surface area (Å²) in [5.41, 5.74) is 2.21. The van der Waals surface area contributed by atoms with Crippen LogP contribution in [-0.4, -0.2) is 36.0 Å². The van der Waals surface area contributed by atoms with Crippen LogP contribution in [0.25, 0.3) is 11.8 Å². The van der Waals surface area contributed by atoms with Crippen LogP contribution in [0.15, 0.2) is 88.2 Å². The molecule has 1 atom stereocenters. The smallest absolute Gasteiger partial charge is 0.338 e. The van der Waals surface area contributed by atoms with Crippen molar-refractivity contribution >= 4 is 29.1 Å². The number of aromatic nitrogens is 1. The molecule has 1 aliphatic rings. The lowest BCUT2D eigenvalue weighted by atomic mass is 9.93. The molecule has 5 rings (SSSR count). The van der Waals surface area contributed by atoms with Gasteiger partial charge in [-0.3, -0.25) is 9.36 Å². The second kappa shape index (κ2) is 11.6. The maximum absolute atomic E-state index is 14.0. The summed E-state index contributed by atoms with van der Waals surface area (Å²) in [4.78, 5) is 32.8. The van der Waals surface area contributed by atoms with Gasteiger partial charge < -0.3 is 19.3 Å². The summed E-state index contributed by atoms with van der Waals surface area (Å²) in [5.74, 6) is 0.349. The van der Waals surface area contributed by atoms with E-state index < -0.39 is 12.0 Å². The van der Waals surface area contributed by atoms with Crippen molar-refractivity contribution in [3.8, 4) is 17.2 Å². The lowest BCUT2D eigenvalue weighted by Gasteiger charge is -2.26. The van der Waals surface area contributed by atoms with Crippen LogP contribution in [-0.2, 0) is 9.53 Å². The van der Waals surface area contributed by atoms with E-state index in [-0.39, 0.29) is 23.5 Å². The van der Waals surface area contributed by atoms with Crippen LogP contribution in [0.3, 0.4) is 0 Å². The minimum Gasteiger partial charge on any atom is -0.504 e. The van der Waals surface area contributed by atoms with E-state index >= 15 is 0 Å². The fourth-order valence-electron chi connectivity index (χ4n) is 4.63. The number of esters is 1. The molecule has 0 fully saturated rings. The molecule has 2 heterocycles. The van der Waals surface area contributed by atoms with Crippen molar-refractivity contribution in [3.63, 3.8) is 0 Å². The SMILES string of the molecule is CCOC(=O)C1=C(c2ccccc2)N=c2s/c(=C\c3cccc(OC)c3O)c(=O)n2[C@H]1c1ccc(OCC)cc1. The highest BCUT2D eigenvalue weighted by atomic mass is 32.1. The largest absolute Gasteiger partial charge is 0.504 e. The van der Waals surface area contributed by atoms with Gasteiger partial charge in [-0.2, -0.15) is 0 Å². The van der Waals surface area contributed by atoms with Crippen molar-refractivity contribution in [2.75, 3.05) is 20.3 Å². The highest BCUT2D eigenvalue weighted by Gasteiger charge is 2.35. The molecule has 3 aromatic carbocycles. The Bertz CT molecular complexity index is 1750. The van der Waals surface area contributed by atoms with Crippen LogP contribution in [0.4, 0.5) is 0 Å². The highest BCUT2D eigenvalue weighted by molar-refractivity contribution is 7.07. The summed E-state index contributed by atoms with van der Waals surface area (Å²) in [5, 5.41) is 10.6. The van der Waals surface area contributed by atoms with Crippen LogP contribution in [0.2, 0.25) is 0 Å². The number of aromatic hydroxyl groups is 1. The standard InChI is InChI=1S/C31H28N2O6S/c1-4-38-22-16-14-20(15-17-22)27-25(30(36)39-5-2)26(19-10-7-6-8-11-19)32-31-33(27)29(35)24(40-31)18-21-12-9-13-23(37-3)28(21)34/h6-18,27,34H,4-5H2,1-3H3/b24-18-/t27-/m0/s1. The van der Waals surface area contributed by atoms with Gasteiger partial charge in [-0.25, -0.2) is 9.79 Å². The average molecular weight is 557 g/mol. The predicted octanol–water partition coefficient (Wildman–Crippen LogP) is 4.05. The Morgan fingerprint density at radius 2 is 1.77 bits per heavy atom. The molecule has 1 aliphatic heterocycles. The Kier molecular flexibility index (Phi) is 7.84. The van der Waals surface area contributed by atoms with Crippen LogP contribution < -0.4 is 24.4 Å². The first-order valence-corrected chi connectivity index (χ1v) is 13.7. The number of carbonyl (C=O) groups is 1. The number of rotatable bonds is 8. The quantitative estimate of drug-likeness (QED) is 0.329. The molecule has 0 bridgehead atoms. The molecule has 0 radical (unpaired) electrons. The third kappa shape index (κ3) is 5.03. The van der Waals surface area contributed by atoms with E-state index in [0.29, 0.717) is 44.3 Å². The van der Waals surface area contributed by atoms with E-state index in [4.69, 9.17) is 19.2 Å². The molecule has 0 saturated heterocycles. The molecule has 0 unspecified atom stereocenters. The number of ether oxygens (including phenoxy) is 3. The second-order valence-electron chi connectivity index (χ2n) is 8.83. The van der Waals surface area contributed by atoms with E-state index in [1.54, 1.807) is 31.2 Å². The third-order valence-electron chi connectivity index (χ3n) is 6.42. The fraction of sp³-hybridized carbons (Fsp3) is 0.194. The van der Waals surface area contributed by atoms with E-state index in [1.165, 1.54) is 23.0 Å². The first-order valence-electron chi connectivity index (χ1n) is 12.8. The van der Waals surface area contributed by atoms with Gasteiger partial charge in [0, 0.05) is 11.1 Å². The summed E-state index contributed by atoms with van der Waals surface area (Å²) in [7, 11) is 1.46. The van der Waals surface area contributed by atoms with E-state index in [1.807, 2.05) is 61.5 Å². The monoisotopic (exact) mass is 556 g/mol. The van der Waals surface area contributed by atoms with Crippen LogP contribution >= 0.6 is 11.3 Å². The highest BCUT2D eigenvalue weighted by Crippen LogP contribution is 2.36. The van der Waals surface area contributed by atoms with Gasteiger partial charge in [0.15, 0.2) is 16.3 Å². The van der Waals surface area contributed by atoms with E-state index in [2.05, 4.69) is 0 Å². The summed E-state index contributed by atoms with van der Waals surface area (Å²) in [6, 6.07) is 20.9. The number of nitrogens with zero attached hydrogens (tertiary/aromatic N) is 2. The Balaban J connectivity index is 1.80. The normalized spacial score (nSPS) is 14.9. The molecule has 8 nitrogen and oxygen atoms in total. The molecule has 4 aromatic rings. The Morgan fingerprint density at radius 3 is 2.45 bits per heavy atom. The van der Waals surface area contributed by atoms with Gasteiger partial charge in [-0.15, -0.1) is 0 Å². The molecular weight excluding hydrogens is 528 g/mol. The van der Waals surface area contributed by atoms with E-state index in [0.717, 1.165) is 5.56 Å². The van der Waals surface area contributed by atoms with Crippen molar-refractivity contribution < 1.29 is 24.1 Å². The van der Waals surface area contributed by atoms with Crippen molar-refractivity contribution in [2.24, 2.45) is 4.99 Å². The predicted molar refractivity (Wildman–Crippen MR) is 153 cm³/mol. The number of benzene rings is 3. The number of hydrogen-bond acceptors (Lipinski definition) is 8. The molecule has 0 saturated carbocycles. The molecule has 0 aliphatic carbocycles. The summed E-state index contributed by atoms with van der Waals surface area (Å²) in [6.07, 6.45) is 1.60. The number of methoxy groups -OCH3 is 1. The van der Waals surface area contributed by atoms with Gasteiger partial charge in [0.25, 0.3) is 5.56 Å². The molecular formula is C31H28N2O6S. The fourth-order valence-corrected chi connectivity index (χ4v) is 5.62. The zero-order chi connectivity index (χ0) is 28.2. The minimum absolute atomic E-state index is 0.0731. The molecule has 204 valence electrons. The van der Waals surface area contributed by atoms with Crippen LogP contribution in [0.1, 0.15) is 36.6 Å². The van der Waals surface area contributed by atoms with Crippen molar-refractivity contribution in [3.05, 3.63) is 115 Å². The van der Waals surface area contributed by atoms with Crippen molar-refractivity contribution in [1.82, 2.24) is 4.57 Å². The summed E-state index contributed by atoms with van der Waals surface area (Å²) >= 11 is 1.18. The zero-order valence-corrected chi connectivity index (χ0v) is 23.1. The number of fused-ring (bicyclic) bond motifs is 1. The van der Waals surface area contributed by atoms with Gasteiger partial charge in [0.05, 0.1) is 42.2 Å².